The third kappa shape index (κ3) is 1.00. The first-order chi connectivity index (χ1) is 5.38. The quantitative estimate of drug-likeness (QED) is 0.501. The minimum Gasteiger partial charge on any atom is -0.268 e. The highest BCUT2D eigenvalue weighted by Crippen LogP contribution is 1.87. The fourth-order valence-corrected chi connectivity index (χ4v) is 1.26. The highest BCUT2D eigenvalue weighted by atomic mass is 15.2. The maximum atomic E-state index is 4.16. The first-order valence-electron chi connectivity index (χ1n) is 3.73. The molecule has 2 heteroatoms. The van der Waals surface area contributed by atoms with Crippen molar-refractivity contribution in [2.24, 2.45) is 7.05 Å². The lowest BCUT2D eigenvalue weighted by Gasteiger charge is -1.84. The van der Waals surface area contributed by atoms with Crippen LogP contribution in [0, 0.1) is 0 Å². The van der Waals surface area contributed by atoms with Crippen LogP contribution in [0.5, 0.6) is 0 Å². The smallest absolute Gasteiger partial charge is 0.0675 e. The molecule has 2 nitrogen and oxygen atoms in total. The SMILES string of the molecule is Cn1ncc2c1=CC=CCC=2. The van der Waals surface area contributed by atoms with Crippen LogP contribution in [0.1, 0.15) is 6.42 Å². The fraction of sp³-hybridized carbons (Fsp3) is 0.222. The summed E-state index contributed by atoms with van der Waals surface area (Å²) in [5.74, 6) is 0. The van der Waals surface area contributed by atoms with E-state index in [0.717, 1.165) is 6.42 Å². The molecule has 1 aromatic heterocycles. The zero-order valence-electron chi connectivity index (χ0n) is 6.49. The molecule has 1 aliphatic carbocycles. The standard InChI is InChI=1S/C9H10N2/c1-11-9-6-4-2-3-5-8(9)7-10-11/h2,4-7H,3H2,1H3. The zero-order valence-corrected chi connectivity index (χ0v) is 6.49. The number of aryl methyl sites for hydroxylation is 1. The minimum absolute atomic E-state index is 1.01. The number of rotatable bonds is 0. The Bertz CT molecular complexity index is 396. The maximum absolute atomic E-state index is 4.16. The average Bonchev–Trinajstić information content (AvgIpc) is 2.25. The van der Waals surface area contributed by atoms with E-state index in [1.165, 1.54) is 10.6 Å². The molecule has 11 heavy (non-hydrogen) atoms. The van der Waals surface area contributed by atoms with Gasteiger partial charge in [-0.05, 0) is 12.5 Å². The highest BCUT2D eigenvalue weighted by Gasteiger charge is 1.91. The van der Waals surface area contributed by atoms with E-state index >= 15 is 0 Å². The van der Waals surface area contributed by atoms with Crippen molar-refractivity contribution < 1.29 is 0 Å². The highest BCUT2D eigenvalue weighted by molar-refractivity contribution is 5.41. The van der Waals surface area contributed by atoms with E-state index < -0.39 is 0 Å². The largest absolute Gasteiger partial charge is 0.268 e. The van der Waals surface area contributed by atoms with Crippen LogP contribution in [-0.2, 0) is 7.05 Å². The summed E-state index contributed by atoms with van der Waals surface area (Å²) >= 11 is 0. The molecule has 2 rings (SSSR count). The first-order valence-corrected chi connectivity index (χ1v) is 3.73. The van der Waals surface area contributed by atoms with Crippen molar-refractivity contribution in [2.45, 2.75) is 6.42 Å². The van der Waals surface area contributed by atoms with Gasteiger partial charge in [-0.15, -0.1) is 0 Å². The van der Waals surface area contributed by atoms with Gasteiger partial charge in [0.15, 0.2) is 0 Å². The number of hydrogen-bond acceptors (Lipinski definition) is 1. The third-order valence-electron chi connectivity index (χ3n) is 1.88. The summed E-state index contributed by atoms with van der Waals surface area (Å²) < 4.78 is 1.89. The zero-order chi connectivity index (χ0) is 7.68. The van der Waals surface area contributed by atoms with Gasteiger partial charge in [0.1, 0.15) is 0 Å². The summed E-state index contributed by atoms with van der Waals surface area (Å²) in [5.41, 5.74) is 0. The number of allylic oxidation sites excluding steroid dienone is 2. The molecule has 0 amide bonds. The van der Waals surface area contributed by atoms with Crippen molar-refractivity contribution >= 4 is 12.2 Å². The summed E-state index contributed by atoms with van der Waals surface area (Å²) in [6.45, 7) is 0. The molecular formula is C9H10N2. The molecule has 0 saturated carbocycles. The lowest BCUT2D eigenvalue weighted by atomic mass is 10.3. The third-order valence-corrected chi connectivity index (χ3v) is 1.88. The molecule has 0 atom stereocenters. The van der Waals surface area contributed by atoms with E-state index in [0.29, 0.717) is 0 Å². The van der Waals surface area contributed by atoms with Crippen molar-refractivity contribution in [1.82, 2.24) is 9.78 Å². The molecule has 0 spiro atoms. The van der Waals surface area contributed by atoms with Crippen LogP contribution < -0.4 is 10.6 Å². The fourth-order valence-electron chi connectivity index (χ4n) is 1.26. The molecule has 56 valence electrons. The number of nitrogens with zero attached hydrogens (tertiary/aromatic N) is 2. The van der Waals surface area contributed by atoms with E-state index in [2.05, 4.69) is 29.4 Å². The average molecular weight is 146 g/mol. The maximum Gasteiger partial charge on any atom is 0.0675 e. The minimum atomic E-state index is 1.01. The van der Waals surface area contributed by atoms with Gasteiger partial charge in [0.05, 0.1) is 11.5 Å². The summed E-state index contributed by atoms with van der Waals surface area (Å²) in [6, 6.07) is 0. The van der Waals surface area contributed by atoms with E-state index in [1.54, 1.807) is 0 Å². The van der Waals surface area contributed by atoms with Crippen molar-refractivity contribution in [3.05, 3.63) is 28.9 Å². The normalized spacial score (nSPS) is 14.6. The lowest BCUT2D eigenvalue weighted by molar-refractivity contribution is 0.743. The van der Waals surface area contributed by atoms with E-state index in [-0.39, 0.29) is 0 Å². The molecule has 0 radical (unpaired) electrons. The van der Waals surface area contributed by atoms with Gasteiger partial charge in [-0.1, -0.05) is 18.2 Å². The Morgan fingerprint density at radius 1 is 1.55 bits per heavy atom. The molecule has 0 aromatic carbocycles. The second-order valence-electron chi connectivity index (χ2n) is 2.64. The summed E-state index contributed by atoms with van der Waals surface area (Å²) in [6.07, 6.45) is 11.4. The lowest BCUT2D eigenvalue weighted by Crippen LogP contribution is -2.26. The summed E-state index contributed by atoms with van der Waals surface area (Å²) in [7, 11) is 1.96. The Labute approximate surface area is 65.2 Å². The van der Waals surface area contributed by atoms with Gasteiger partial charge in [0, 0.05) is 12.3 Å². The van der Waals surface area contributed by atoms with Gasteiger partial charge in [0.2, 0.25) is 0 Å². The van der Waals surface area contributed by atoms with Crippen molar-refractivity contribution in [3.8, 4) is 0 Å². The van der Waals surface area contributed by atoms with Crippen molar-refractivity contribution in [3.63, 3.8) is 0 Å². The monoisotopic (exact) mass is 146 g/mol. The molecule has 0 bridgehead atoms. The Morgan fingerprint density at radius 3 is 3.36 bits per heavy atom. The molecule has 0 aliphatic heterocycles. The van der Waals surface area contributed by atoms with Crippen LogP contribution in [-0.4, -0.2) is 9.78 Å². The van der Waals surface area contributed by atoms with Crippen LogP contribution in [0.2, 0.25) is 0 Å². The molecule has 0 fully saturated rings. The molecule has 1 aromatic rings. The van der Waals surface area contributed by atoms with Gasteiger partial charge in [0.25, 0.3) is 0 Å². The Morgan fingerprint density at radius 2 is 2.45 bits per heavy atom. The molecule has 1 heterocycles. The number of fused-ring (bicyclic) bond motifs is 1. The van der Waals surface area contributed by atoms with E-state index in [1.807, 2.05) is 17.9 Å². The van der Waals surface area contributed by atoms with Crippen LogP contribution in [0.25, 0.3) is 12.2 Å². The van der Waals surface area contributed by atoms with Crippen LogP contribution in [0.4, 0.5) is 0 Å². The first kappa shape index (κ1) is 6.40. The molecular weight excluding hydrogens is 136 g/mol. The predicted octanol–water partition coefficient (Wildman–Crippen LogP) is -0.0590. The topological polar surface area (TPSA) is 17.8 Å². The predicted molar refractivity (Wildman–Crippen MR) is 45.1 cm³/mol. The Hall–Kier alpha value is -1.31. The molecule has 0 unspecified atom stereocenters. The van der Waals surface area contributed by atoms with Crippen LogP contribution >= 0.6 is 0 Å². The number of hydrogen-bond donors (Lipinski definition) is 0. The van der Waals surface area contributed by atoms with Crippen molar-refractivity contribution in [1.29, 1.82) is 0 Å². The van der Waals surface area contributed by atoms with Gasteiger partial charge in [-0.2, -0.15) is 5.10 Å². The second-order valence-corrected chi connectivity index (χ2v) is 2.64. The molecule has 0 N–H and O–H groups in total. The Kier molecular flexibility index (Phi) is 1.39. The Balaban J connectivity index is 2.85. The van der Waals surface area contributed by atoms with Gasteiger partial charge >= 0.3 is 0 Å². The van der Waals surface area contributed by atoms with Crippen LogP contribution in [0.15, 0.2) is 18.3 Å². The summed E-state index contributed by atoms with van der Waals surface area (Å²) in [5, 5.41) is 6.59. The van der Waals surface area contributed by atoms with Crippen molar-refractivity contribution in [2.75, 3.05) is 0 Å². The number of aromatic nitrogens is 2. The van der Waals surface area contributed by atoms with Gasteiger partial charge in [-0.25, -0.2) is 0 Å². The molecule has 0 saturated heterocycles. The molecule has 1 aliphatic rings. The van der Waals surface area contributed by atoms with Gasteiger partial charge in [-0.3, -0.25) is 4.68 Å². The van der Waals surface area contributed by atoms with E-state index in [4.69, 9.17) is 0 Å². The summed E-state index contributed by atoms with van der Waals surface area (Å²) in [4.78, 5) is 0. The van der Waals surface area contributed by atoms with Gasteiger partial charge < -0.3 is 0 Å². The van der Waals surface area contributed by atoms with Crippen LogP contribution in [0.3, 0.4) is 0 Å². The second kappa shape index (κ2) is 2.38. The van der Waals surface area contributed by atoms with E-state index in [9.17, 15) is 0 Å².